The van der Waals surface area contributed by atoms with Crippen molar-refractivity contribution in [2.24, 2.45) is 11.7 Å². The van der Waals surface area contributed by atoms with Crippen LogP contribution in [0.25, 0.3) is 0 Å². The summed E-state index contributed by atoms with van der Waals surface area (Å²) >= 11 is 0. The minimum absolute atomic E-state index is 0.224. The fraction of sp³-hybridized carbons (Fsp3) is 0.600. The topological polar surface area (TPSA) is 75.4 Å². The molecule has 0 radical (unpaired) electrons. The molecular weight excluding hydrogens is 286 g/mol. The standard InChI is InChI=1S/C15H25N3O2S/c1-12(2)18-8-7-13(11-18)10-17-21(19,20)15-6-4-3-5-14(15)9-16/h3-6,12-13,17H,7-11,16H2,1-2H3. The summed E-state index contributed by atoms with van der Waals surface area (Å²) in [5, 5.41) is 0. The molecule has 0 amide bonds. The highest BCUT2D eigenvalue weighted by atomic mass is 32.2. The molecule has 0 saturated carbocycles. The third-order valence-electron chi connectivity index (χ3n) is 4.09. The average molecular weight is 311 g/mol. The Labute approximate surface area is 127 Å². The molecule has 1 aliphatic heterocycles. The first-order valence-corrected chi connectivity index (χ1v) is 8.94. The lowest BCUT2D eigenvalue weighted by atomic mass is 10.1. The van der Waals surface area contributed by atoms with Gasteiger partial charge in [-0.15, -0.1) is 0 Å². The zero-order valence-electron chi connectivity index (χ0n) is 12.7. The Morgan fingerprint density at radius 1 is 1.38 bits per heavy atom. The number of rotatable bonds is 6. The van der Waals surface area contributed by atoms with Crippen LogP contribution in [0.3, 0.4) is 0 Å². The van der Waals surface area contributed by atoms with Gasteiger partial charge in [-0.2, -0.15) is 0 Å². The first-order chi connectivity index (χ1) is 9.94. The van der Waals surface area contributed by atoms with Crippen molar-refractivity contribution in [3.05, 3.63) is 29.8 Å². The summed E-state index contributed by atoms with van der Waals surface area (Å²) in [6, 6.07) is 7.41. The second-order valence-corrected chi connectivity index (χ2v) is 7.64. The van der Waals surface area contributed by atoms with Crippen LogP contribution in [0.15, 0.2) is 29.2 Å². The van der Waals surface area contributed by atoms with Gasteiger partial charge in [0.15, 0.2) is 0 Å². The SMILES string of the molecule is CC(C)N1CCC(CNS(=O)(=O)c2ccccc2CN)C1. The van der Waals surface area contributed by atoms with Gasteiger partial charge in [0.1, 0.15) is 0 Å². The van der Waals surface area contributed by atoms with Crippen LogP contribution in [0.5, 0.6) is 0 Å². The maximum Gasteiger partial charge on any atom is 0.240 e. The molecule has 1 atom stereocenters. The molecule has 0 aliphatic carbocycles. The third kappa shape index (κ3) is 4.03. The molecule has 3 N–H and O–H groups in total. The van der Waals surface area contributed by atoms with Crippen molar-refractivity contribution < 1.29 is 8.42 Å². The number of nitrogens with two attached hydrogens (primary N) is 1. The number of sulfonamides is 1. The van der Waals surface area contributed by atoms with E-state index < -0.39 is 10.0 Å². The molecular formula is C15H25N3O2S. The van der Waals surface area contributed by atoms with Crippen LogP contribution in [-0.2, 0) is 16.6 Å². The summed E-state index contributed by atoms with van der Waals surface area (Å²) in [5.74, 6) is 0.382. The smallest absolute Gasteiger partial charge is 0.240 e. The monoisotopic (exact) mass is 311 g/mol. The molecule has 1 saturated heterocycles. The van der Waals surface area contributed by atoms with E-state index in [-0.39, 0.29) is 6.54 Å². The quantitative estimate of drug-likeness (QED) is 0.826. The Kier molecular flexibility index (Phi) is 5.37. The second kappa shape index (κ2) is 6.87. The fourth-order valence-corrected chi connectivity index (χ4v) is 4.10. The molecule has 118 valence electrons. The lowest BCUT2D eigenvalue weighted by Crippen LogP contribution is -2.33. The molecule has 0 bridgehead atoms. The highest BCUT2D eigenvalue weighted by Crippen LogP contribution is 2.19. The molecule has 1 aliphatic rings. The van der Waals surface area contributed by atoms with Crippen LogP contribution in [0.1, 0.15) is 25.8 Å². The predicted octanol–water partition coefficient (Wildman–Crippen LogP) is 1.15. The molecule has 1 heterocycles. The molecule has 0 spiro atoms. The second-order valence-electron chi connectivity index (χ2n) is 5.91. The molecule has 2 rings (SSSR count). The van der Waals surface area contributed by atoms with Gasteiger partial charge in [0.2, 0.25) is 10.0 Å². The van der Waals surface area contributed by atoms with Gasteiger partial charge in [-0.1, -0.05) is 18.2 Å². The van der Waals surface area contributed by atoms with E-state index in [2.05, 4.69) is 23.5 Å². The van der Waals surface area contributed by atoms with Gasteiger partial charge in [0, 0.05) is 25.7 Å². The Hall–Kier alpha value is -0.950. The first-order valence-electron chi connectivity index (χ1n) is 7.45. The van der Waals surface area contributed by atoms with Crippen molar-refractivity contribution in [1.82, 2.24) is 9.62 Å². The van der Waals surface area contributed by atoms with Gasteiger partial charge in [0.05, 0.1) is 4.90 Å². The third-order valence-corrected chi connectivity index (χ3v) is 5.62. The fourth-order valence-electron chi connectivity index (χ4n) is 2.74. The van der Waals surface area contributed by atoms with E-state index >= 15 is 0 Å². The maximum absolute atomic E-state index is 12.4. The zero-order chi connectivity index (χ0) is 15.5. The largest absolute Gasteiger partial charge is 0.326 e. The van der Waals surface area contributed by atoms with Crippen LogP contribution in [-0.4, -0.2) is 39.0 Å². The van der Waals surface area contributed by atoms with E-state index in [1.54, 1.807) is 24.3 Å². The summed E-state index contributed by atoms with van der Waals surface area (Å²) in [5.41, 5.74) is 6.27. The van der Waals surface area contributed by atoms with E-state index in [1.165, 1.54) is 0 Å². The molecule has 0 aromatic heterocycles. The van der Waals surface area contributed by atoms with Crippen molar-refractivity contribution in [3.63, 3.8) is 0 Å². The van der Waals surface area contributed by atoms with E-state index in [1.807, 2.05) is 0 Å². The number of likely N-dealkylation sites (tertiary alicyclic amines) is 1. The van der Waals surface area contributed by atoms with Gasteiger partial charge < -0.3 is 10.6 Å². The maximum atomic E-state index is 12.4. The molecule has 1 aromatic rings. The van der Waals surface area contributed by atoms with Gasteiger partial charge in [-0.25, -0.2) is 13.1 Å². The Bertz CT molecular complexity index is 572. The van der Waals surface area contributed by atoms with Crippen molar-refractivity contribution >= 4 is 10.0 Å². The molecule has 21 heavy (non-hydrogen) atoms. The lowest BCUT2D eigenvalue weighted by molar-refractivity contribution is 0.265. The molecule has 1 aromatic carbocycles. The minimum atomic E-state index is -3.48. The van der Waals surface area contributed by atoms with Gasteiger partial charge in [0.25, 0.3) is 0 Å². The normalized spacial score (nSPS) is 20.3. The highest BCUT2D eigenvalue weighted by Gasteiger charge is 2.26. The zero-order valence-corrected chi connectivity index (χ0v) is 13.6. The summed E-state index contributed by atoms with van der Waals surface area (Å²) in [7, 11) is -3.48. The van der Waals surface area contributed by atoms with Crippen LogP contribution < -0.4 is 10.5 Å². The summed E-state index contributed by atoms with van der Waals surface area (Å²) in [4.78, 5) is 2.68. The minimum Gasteiger partial charge on any atom is -0.326 e. The molecule has 6 heteroatoms. The van der Waals surface area contributed by atoms with Gasteiger partial charge in [-0.05, 0) is 44.4 Å². The lowest BCUT2D eigenvalue weighted by Gasteiger charge is -2.20. The molecule has 1 fully saturated rings. The van der Waals surface area contributed by atoms with Crippen molar-refractivity contribution in [1.29, 1.82) is 0 Å². The van der Waals surface area contributed by atoms with E-state index in [4.69, 9.17) is 5.73 Å². The number of hydrogen-bond acceptors (Lipinski definition) is 4. The highest BCUT2D eigenvalue weighted by molar-refractivity contribution is 7.89. The molecule has 1 unspecified atom stereocenters. The Morgan fingerprint density at radius 3 is 2.71 bits per heavy atom. The molecule has 5 nitrogen and oxygen atoms in total. The number of nitrogens with one attached hydrogen (secondary N) is 1. The Morgan fingerprint density at radius 2 is 2.10 bits per heavy atom. The van der Waals surface area contributed by atoms with Crippen LogP contribution in [0.2, 0.25) is 0 Å². The summed E-state index contributed by atoms with van der Waals surface area (Å²) in [6.45, 7) is 7.06. The number of hydrogen-bond donors (Lipinski definition) is 2. The predicted molar refractivity (Wildman–Crippen MR) is 84.3 cm³/mol. The van der Waals surface area contributed by atoms with Gasteiger partial charge >= 0.3 is 0 Å². The number of benzene rings is 1. The van der Waals surface area contributed by atoms with E-state index in [0.29, 0.717) is 29.0 Å². The average Bonchev–Trinajstić information content (AvgIpc) is 2.94. The van der Waals surface area contributed by atoms with Crippen LogP contribution >= 0.6 is 0 Å². The first kappa shape index (κ1) is 16.4. The Balaban J connectivity index is 1.99. The van der Waals surface area contributed by atoms with E-state index in [0.717, 1.165) is 19.5 Å². The van der Waals surface area contributed by atoms with Crippen molar-refractivity contribution in [2.45, 2.75) is 37.8 Å². The van der Waals surface area contributed by atoms with Crippen LogP contribution in [0, 0.1) is 5.92 Å². The van der Waals surface area contributed by atoms with Gasteiger partial charge in [-0.3, -0.25) is 0 Å². The number of nitrogens with zero attached hydrogens (tertiary/aromatic N) is 1. The van der Waals surface area contributed by atoms with Crippen molar-refractivity contribution in [2.75, 3.05) is 19.6 Å². The summed E-state index contributed by atoms with van der Waals surface area (Å²) in [6.07, 6.45) is 1.04. The van der Waals surface area contributed by atoms with Crippen LogP contribution in [0.4, 0.5) is 0 Å². The van der Waals surface area contributed by atoms with E-state index in [9.17, 15) is 8.42 Å². The summed E-state index contributed by atoms with van der Waals surface area (Å²) < 4.78 is 27.5. The van der Waals surface area contributed by atoms with Crippen molar-refractivity contribution in [3.8, 4) is 0 Å².